The minimum Gasteiger partial charge on any atom is -0.388 e. The van der Waals surface area contributed by atoms with Crippen molar-refractivity contribution < 1.29 is 8.42 Å². The molecule has 3 N–H and O–H groups in total. The number of hydrogen-bond donors (Lipinski definition) is 2. The highest BCUT2D eigenvalue weighted by Crippen LogP contribution is 2.17. The molecule has 1 rings (SSSR count). The van der Waals surface area contributed by atoms with Crippen molar-refractivity contribution in [2.24, 2.45) is 5.73 Å². The maximum Gasteiger partial charge on any atom is 0.155 e. The van der Waals surface area contributed by atoms with Crippen molar-refractivity contribution in [1.82, 2.24) is 9.97 Å². The lowest BCUT2D eigenvalue weighted by Crippen LogP contribution is -2.38. The van der Waals surface area contributed by atoms with Crippen LogP contribution in [0.15, 0.2) is 12.4 Å². The second-order valence-corrected chi connectivity index (χ2v) is 7.59. The van der Waals surface area contributed by atoms with Gasteiger partial charge in [-0.1, -0.05) is 12.2 Å². The van der Waals surface area contributed by atoms with Crippen LogP contribution >= 0.6 is 12.2 Å². The Labute approximate surface area is 112 Å². The topological polar surface area (TPSA) is 98.0 Å². The van der Waals surface area contributed by atoms with Gasteiger partial charge in [-0.3, -0.25) is 0 Å². The lowest BCUT2D eigenvalue weighted by molar-refractivity contribution is 0.559. The molecule has 0 spiro atoms. The highest BCUT2D eigenvalue weighted by Gasteiger charge is 2.30. The normalized spacial score (nSPS) is 12.2. The van der Waals surface area contributed by atoms with E-state index in [1.807, 2.05) is 0 Å². The molecule has 6 nitrogen and oxygen atoms in total. The molecule has 0 bridgehead atoms. The highest BCUT2D eigenvalue weighted by atomic mass is 32.2. The summed E-state index contributed by atoms with van der Waals surface area (Å²) in [6.45, 7) is 3.46. The fraction of sp³-hybridized carbons (Fsp3) is 0.500. The van der Waals surface area contributed by atoms with Gasteiger partial charge in [-0.05, 0) is 13.8 Å². The number of nitrogens with zero attached hydrogens (tertiary/aromatic N) is 2. The molecule has 0 saturated carbocycles. The maximum atomic E-state index is 11.6. The molecule has 1 aromatic rings. The predicted molar refractivity (Wildman–Crippen MR) is 75.3 cm³/mol. The SMILES string of the molecule is CC(C)(CNc1nccnc1C(N)=S)S(C)(=O)=O. The molecule has 0 aliphatic carbocycles. The van der Waals surface area contributed by atoms with Crippen LogP contribution in [0, 0.1) is 0 Å². The van der Waals surface area contributed by atoms with E-state index in [2.05, 4.69) is 15.3 Å². The first-order chi connectivity index (χ1) is 8.15. The number of anilines is 1. The van der Waals surface area contributed by atoms with Gasteiger partial charge in [-0.15, -0.1) is 0 Å². The number of thiocarbonyl (C=S) groups is 1. The molecular formula is C10H16N4O2S2. The van der Waals surface area contributed by atoms with E-state index >= 15 is 0 Å². The van der Waals surface area contributed by atoms with Crippen LogP contribution in [-0.4, -0.2) is 40.9 Å². The Balaban J connectivity index is 2.91. The number of sulfone groups is 1. The summed E-state index contributed by atoms with van der Waals surface area (Å²) in [4.78, 5) is 8.16. The molecular weight excluding hydrogens is 272 g/mol. The predicted octanol–water partition coefficient (Wildman–Crippen LogP) is 0.346. The molecule has 8 heteroatoms. The molecule has 0 aliphatic rings. The number of aromatic nitrogens is 2. The van der Waals surface area contributed by atoms with Gasteiger partial charge in [-0.25, -0.2) is 18.4 Å². The van der Waals surface area contributed by atoms with Crippen molar-refractivity contribution >= 4 is 32.9 Å². The van der Waals surface area contributed by atoms with Crippen molar-refractivity contribution in [1.29, 1.82) is 0 Å². The van der Waals surface area contributed by atoms with Gasteiger partial charge in [0.15, 0.2) is 15.7 Å². The average Bonchev–Trinajstić information content (AvgIpc) is 2.25. The quantitative estimate of drug-likeness (QED) is 0.754. The second-order valence-electron chi connectivity index (χ2n) is 4.50. The van der Waals surface area contributed by atoms with Gasteiger partial charge in [0.1, 0.15) is 10.7 Å². The van der Waals surface area contributed by atoms with E-state index in [1.54, 1.807) is 13.8 Å². The molecule has 0 amide bonds. The molecule has 1 aromatic heterocycles. The van der Waals surface area contributed by atoms with Gasteiger partial charge in [0.2, 0.25) is 0 Å². The molecule has 1 heterocycles. The van der Waals surface area contributed by atoms with Gasteiger partial charge in [0.25, 0.3) is 0 Å². The van der Waals surface area contributed by atoms with E-state index in [-0.39, 0.29) is 11.5 Å². The summed E-state index contributed by atoms with van der Waals surface area (Å²) in [6.07, 6.45) is 4.15. The number of nitrogens with one attached hydrogen (secondary N) is 1. The van der Waals surface area contributed by atoms with Crippen LogP contribution in [0.2, 0.25) is 0 Å². The van der Waals surface area contributed by atoms with Crippen molar-refractivity contribution in [3.05, 3.63) is 18.1 Å². The molecule has 18 heavy (non-hydrogen) atoms. The van der Waals surface area contributed by atoms with Crippen molar-refractivity contribution in [2.75, 3.05) is 18.1 Å². The first-order valence-corrected chi connectivity index (χ1v) is 7.49. The monoisotopic (exact) mass is 288 g/mol. The van der Waals surface area contributed by atoms with Crippen molar-refractivity contribution in [3.63, 3.8) is 0 Å². The average molecular weight is 288 g/mol. The number of hydrogen-bond acceptors (Lipinski definition) is 6. The molecule has 0 saturated heterocycles. The molecule has 0 unspecified atom stereocenters. The first-order valence-electron chi connectivity index (χ1n) is 5.19. The minimum absolute atomic E-state index is 0.114. The molecule has 0 aromatic carbocycles. The lowest BCUT2D eigenvalue weighted by Gasteiger charge is -2.23. The molecule has 0 radical (unpaired) electrons. The van der Waals surface area contributed by atoms with Gasteiger partial charge in [0.05, 0.1) is 4.75 Å². The van der Waals surface area contributed by atoms with Crippen molar-refractivity contribution in [2.45, 2.75) is 18.6 Å². The third kappa shape index (κ3) is 3.36. The smallest absolute Gasteiger partial charge is 0.155 e. The third-order valence-corrected chi connectivity index (χ3v) is 4.96. The summed E-state index contributed by atoms with van der Waals surface area (Å²) in [5, 5.41) is 2.92. The fourth-order valence-electron chi connectivity index (χ4n) is 1.08. The Morgan fingerprint density at radius 3 is 2.50 bits per heavy atom. The summed E-state index contributed by atoms with van der Waals surface area (Å²) in [5.41, 5.74) is 5.87. The Kier molecular flexibility index (Phi) is 4.23. The van der Waals surface area contributed by atoms with Crippen LogP contribution in [0.25, 0.3) is 0 Å². The van der Waals surface area contributed by atoms with Gasteiger partial charge in [-0.2, -0.15) is 0 Å². The van der Waals surface area contributed by atoms with E-state index < -0.39 is 14.6 Å². The maximum absolute atomic E-state index is 11.6. The molecule has 0 aliphatic heterocycles. The zero-order valence-electron chi connectivity index (χ0n) is 10.5. The summed E-state index contributed by atoms with van der Waals surface area (Å²) in [7, 11) is -3.18. The molecule has 0 fully saturated rings. The van der Waals surface area contributed by atoms with E-state index in [0.29, 0.717) is 11.5 Å². The first kappa shape index (κ1) is 14.8. The third-order valence-electron chi connectivity index (χ3n) is 2.62. The van der Waals surface area contributed by atoms with Crippen LogP contribution in [0.1, 0.15) is 19.5 Å². The van der Waals surface area contributed by atoms with E-state index in [9.17, 15) is 8.42 Å². The van der Waals surface area contributed by atoms with E-state index in [0.717, 1.165) is 0 Å². The highest BCUT2D eigenvalue weighted by molar-refractivity contribution is 7.92. The Morgan fingerprint density at radius 2 is 2.00 bits per heavy atom. The van der Waals surface area contributed by atoms with Gasteiger partial charge >= 0.3 is 0 Å². The Morgan fingerprint density at radius 1 is 1.44 bits per heavy atom. The number of rotatable bonds is 5. The zero-order valence-corrected chi connectivity index (χ0v) is 12.1. The zero-order chi connectivity index (χ0) is 14.0. The minimum atomic E-state index is -3.18. The van der Waals surface area contributed by atoms with Gasteiger partial charge < -0.3 is 11.1 Å². The summed E-state index contributed by atoms with van der Waals surface area (Å²) >= 11 is 4.85. The van der Waals surface area contributed by atoms with Crippen molar-refractivity contribution in [3.8, 4) is 0 Å². The second kappa shape index (κ2) is 5.15. The molecule has 0 atom stereocenters. The van der Waals surface area contributed by atoms with E-state index in [1.165, 1.54) is 18.6 Å². The van der Waals surface area contributed by atoms with Crippen LogP contribution in [0.4, 0.5) is 5.82 Å². The Bertz CT molecular complexity index is 555. The van der Waals surface area contributed by atoms with Crippen LogP contribution in [-0.2, 0) is 9.84 Å². The Hall–Kier alpha value is -1.28. The van der Waals surface area contributed by atoms with Gasteiger partial charge in [0, 0.05) is 25.2 Å². The fourth-order valence-corrected chi connectivity index (χ4v) is 1.56. The summed E-state index contributed by atoms with van der Waals surface area (Å²) in [6, 6.07) is 0. The van der Waals surface area contributed by atoms with Crippen LogP contribution in [0.3, 0.4) is 0 Å². The standard InChI is InChI=1S/C10H16N4O2S2/c1-10(2,18(3,15)16)6-14-9-7(8(11)17)12-4-5-13-9/h4-5H,6H2,1-3H3,(H2,11,17)(H,13,14). The summed E-state index contributed by atoms with van der Waals surface area (Å²) in [5.74, 6) is 0.390. The summed E-state index contributed by atoms with van der Waals surface area (Å²) < 4.78 is 22.2. The van der Waals surface area contributed by atoms with Crippen LogP contribution in [0.5, 0.6) is 0 Å². The lowest BCUT2D eigenvalue weighted by atomic mass is 10.2. The molecule has 100 valence electrons. The van der Waals surface area contributed by atoms with Crippen LogP contribution < -0.4 is 11.1 Å². The largest absolute Gasteiger partial charge is 0.388 e. The number of nitrogens with two attached hydrogens (primary N) is 1. The van der Waals surface area contributed by atoms with E-state index in [4.69, 9.17) is 18.0 Å².